The van der Waals surface area contributed by atoms with Crippen LogP contribution in [0.1, 0.15) is 16.1 Å². The third kappa shape index (κ3) is 3.16. The van der Waals surface area contributed by atoms with Gasteiger partial charge >= 0.3 is 0 Å². The lowest BCUT2D eigenvalue weighted by Crippen LogP contribution is -2.12. The maximum absolute atomic E-state index is 12.2. The number of aromatic hydroxyl groups is 2. The number of hydrogen-bond acceptors (Lipinski definition) is 4. The van der Waals surface area contributed by atoms with Gasteiger partial charge in [0.15, 0.2) is 11.5 Å². The zero-order valence-electron chi connectivity index (χ0n) is 12.4. The molecular weight excluding hydrogens is 294 g/mol. The Hall–Kier alpha value is -3.28. The van der Waals surface area contributed by atoms with Crippen LogP contribution in [0.25, 0.3) is 11.3 Å². The third-order valence-electron chi connectivity index (χ3n) is 3.40. The molecule has 0 atom stereocenters. The van der Waals surface area contributed by atoms with Crippen LogP contribution in [-0.2, 0) is 0 Å². The minimum absolute atomic E-state index is 0.244. The second kappa shape index (κ2) is 5.84. The van der Waals surface area contributed by atoms with Gasteiger partial charge in [-0.1, -0.05) is 29.8 Å². The second-order valence-electron chi connectivity index (χ2n) is 5.19. The monoisotopic (exact) mass is 309 g/mol. The van der Waals surface area contributed by atoms with E-state index in [0.717, 1.165) is 11.1 Å². The van der Waals surface area contributed by atoms with Crippen molar-refractivity contribution in [2.24, 2.45) is 0 Å². The smallest absolute Gasteiger partial charge is 0.273 e. The highest BCUT2D eigenvalue weighted by Gasteiger charge is 2.12. The minimum atomic E-state index is -0.388. The van der Waals surface area contributed by atoms with Gasteiger partial charge in [0.25, 0.3) is 5.91 Å². The van der Waals surface area contributed by atoms with E-state index in [1.807, 2.05) is 31.2 Å². The lowest BCUT2D eigenvalue weighted by atomic mass is 10.1. The largest absolute Gasteiger partial charge is 0.504 e. The number of benzene rings is 2. The molecule has 0 aliphatic carbocycles. The molecule has 3 aromatic rings. The van der Waals surface area contributed by atoms with Crippen LogP contribution in [0.15, 0.2) is 48.5 Å². The molecule has 0 saturated heterocycles. The number of hydrogen-bond donors (Lipinski definition) is 4. The molecule has 6 heteroatoms. The molecule has 6 nitrogen and oxygen atoms in total. The molecule has 0 aliphatic heterocycles. The number of aryl methyl sites for hydroxylation is 1. The summed E-state index contributed by atoms with van der Waals surface area (Å²) in [6.07, 6.45) is 0. The van der Waals surface area contributed by atoms with E-state index in [1.54, 1.807) is 6.07 Å². The molecule has 0 unspecified atom stereocenters. The summed E-state index contributed by atoms with van der Waals surface area (Å²) in [5, 5.41) is 28.1. The van der Waals surface area contributed by atoms with Crippen LogP contribution < -0.4 is 5.32 Å². The van der Waals surface area contributed by atoms with Gasteiger partial charge in [0.1, 0.15) is 5.69 Å². The summed E-state index contributed by atoms with van der Waals surface area (Å²) in [6, 6.07) is 13.5. The van der Waals surface area contributed by atoms with Gasteiger partial charge in [-0.25, -0.2) is 0 Å². The summed E-state index contributed by atoms with van der Waals surface area (Å²) < 4.78 is 0. The topological polar surface area (TPSA) is 98.2 Å². The zero-order valence-corrected chi connectivity index (χ0v) is 12.4. The van der Waals surface area contributed by atoms with Crippen molar-refractivity contribution in [3.63, 3.8) is 0 Å². The van der Waals surface area contributed by atoms with Gasteiger partial charge in [-0.05, 0) is 25.1 Å². The molecule has 4 N–H and O–H groups in total. The number of carbonyl (C=O) groups is 1. The summed E-state index contributed by atoms with van der Waals surface area (Å²) >= 11 is 0. The normalized spacial score (nSPS) is 10.5. The molecule has 0 bridgehead atoms. The average Bonchev–Trinajstić information content (AvgIpc) is 3.02. The number of rotatable bonds is 3. The Morgan fingerprint density at radius 3 is 2.48 bits per heavy atom. The maximum atomic E-state index is 12.2. The van der Waals surface area contributed by atoms with Crippen molar-refractivity contribution in [2.75, 3.05) is 5.32 Å². The molecule has 0 radical (unpaired) electrons. The highest BCUT2D eigenvalue weighted by molar-refractivity contribution is 6.03. The van der Waals surface area contributed by atoms with Crippen LogP contribution in [0, 0.1) is 6.92 Å². The number of nitrogens with one attached hydrogen (secondary N) is 2. The van der Waals surface area contributed by atoms with E-state index in [4.69, 9.17) is 0 Å². The number of phenols is 2. The van der Waals surface area contributed by atoms with Crippen LogP contribution in [0.5, 0.6) is 11.5 Å². The van der Waals surface area contributed by atoms with Gasteiger partial charge in [-0.3, -0.25) is 9.89 Å². The van der Waals surface area contributed by atoms with Crippen LogP contribution in [0.4, 0.5) is 5.69 Å². The Morgan fingerprint density at radius 1 is 1.04 bits per heavy atom. The molecule has 0 aliphatic rings. The van der Waals surface area contributed by atoms with Gasteiger partial charge < -0.3 is 15.5 Å². The number of aromatic nitrogens is 2. The maximum Gasteiger partial charge on any atom is 0.273 e. The third-order valence-corrected chi connectivity index (χ3v) is 3.40. The first-order valence-corrected chi connectivity index (χ1v) is 6.99. The Bertz CT molecular complexity index is 854. The average molecular weight is 309 g/mol. The van der Waals surface area contributed by atoms with E-state index in [9.17, 15) is 15.0 Å². The Morgan fingerprint density at radius 2 is 1.78 bits per heavy atom. The molecular formula is C17H15N3O3. The standard InChI is InChI=1S/C17H15N3O3/c1-10-2-4-11(5-3-10)13-9-14(20-19-13)17(23)18-12-6-7-15(21)16(22)8-12/h2-9,21-22H,1H3,(H,18,23)(H,19,20). The Kier molecular flexibility index (Phi) is 3.72. The fraction of sp³-hybridized carbons (Fsp3) is 0.0588. The Labute approximate surface area is 132 Å². The van der Waals surface area contributed by atoms with Gasteiger partial charge in [0, 0.05) is 17.3 Å². The van der Waals surface area contributed by atoms with Gasteiger partial charge in [-0.15, -0.1) is 0 Å². The van der Waals surface area contributed by atoms with Crippen molar-refractivity contribution in [3.05, 3.63) is 59.8 Å². The summed E-state index contributed by atoms with van der Waals surface area (Å²) in [5.74, 6) is -0.931. The SMILES string of the molecule is Cc1ccc(-c2cc(C(=O)Nc3ccc(O)c(O)c3)[nH]n2)cc1. The fourth-order valence-corrected chi connectivity index (χ4v) is 2.11. The van der Waals surface area contributed by atoms with Crippen LogP contribution in [0.2, 0.25) is 0 Å². The lowest BCUT2D eigenvalue weighted by Gasteiger charge is -2.04. The van der Waals surface area contributed by atoms with Crippen molar-refractivity contribution >= 4 is 11.6 Å². The van der Waals surface area contributed by atoms with E-state index in [2.05, 4.69) is 15.5 Å². The molecule has 0 spiro atoms. The van der Waals surface area contributed by atoms with Crippen molar-refractivity contribution in [1.82, 2.24) is 10.2 Å². The molecule has 3 rings (SSSR count). The molecule has 23 heavy (non-hydrogen) atoms. The van der Waals surface area contributed by atoms with Crippen molar-refractivity contribution in [3.8, 4) is 22.8 Å². The van der Waals surface area contributed by atoms with E-state index in [-0.39, 0.29) is 17.4 Å². The van der Waals surface area contributed by atoms with Gasteiger partial charge in [0.05, 0.1) is 5.69 Å². The molecule has 116 valence electrons. The highest BCUT2D eigenvalue weighted by Crippen LogP contribution is 2.27. The summed E-state index contributed by atoms with van der Waals surface area (Å²) in [4.78, 5) is 12.2. The number of amides is 1. The van der Waals surface area contributed by atoms with E-state index in [1.165, 1.54) is 18.2 Å². The number of anilines is 1. The summed E-state index contributed by atoms with van der Waals surface area (Å²) in [5.41, 5.74) is 3.40. The van der Waals surface area contributed by atoms with Gasteiger partial charge in [0.2, 0.25) is 0 Å². The molecule has 1 aromatic heterocycles. The number of phenolic OH excluding ortho intramolecular Hbond substituents is 2. The molecule has 1 heterocycles. The van der Waals surface area contributed by atoms with Crippen molar-refractivity contribution < 1.29 is 15.0 Å². The van der Waals surface area contributed by atoms with Crippen LogP contribution in [0.3, 0.4) is 0 Å². The molecule has 0 fully saturated rings. The summed E-state index contributed by atoms with van der Waals surface area (Å²) in [6.45, 7) is 2.00. The molecule has 0 saturated carbocycles. The number of nitrogens with zero attached hydrogens (tertiary/aromatic N) is 1. The minimum Gasteiger partial charge on any atom is -0.504 e. The highest BCUT2D eigenvalue weighted by atomic mass is 16.3. The van der Waals surface area contributed by atoms with E-state index >= 15 is 0 Å². The van der Waals surface area contributed by atoms with Crippen LogP contribution in [-0.4, -0.2) is 26.3 Å². The van der Waals surface area contributed by atoms with Crippen molar-refractivity contribution in [2.45, 2.75) is 6.92 Å². The van der Waals surface area contributed by atoms with Crippen molar-refractivity contribution in [1.29, 1.82) is 0 Å². The number of carbonyl (C=O) groups excluding carboxylic acids is 1. The zero-order chi connectivity index (χ0) is 16.4. The quantitative estimate of drug-likeness (QED) is 0.441. The Balaban J connectivity index is 1.78. The molecule has 2 aromatic carbocycles. The summed E-state index contributed by atoms with van der Waals surface area (Å²) in [7, 11) is 0. The first-order chi connectivity index (χ1) is 11.0. The number of H-pyrrole nitrogens is 1. The van der Waals surface area contributed by atoms with Gasteiger partial charge in [-0.2, -0.15) is 5.10 Å². The predicted octanol–water partition coefficient (Wildman–Crippen LogP) is 3.05. The van der Waals surface area contributed by atoms with E-state index < -0.39 is 0 Å². The first kappa shape index (κ1) is 14.6. The number of aromatic amines is 1. The predicted molar refractivity (Wildman–Crippen MR) is 86.5 cm³/mol. The molecule has 1 amide bonds. The van der Waals surface area contributed by atoms with Crippen LogP contribution >= 0.6 is 0 Å². The lowest BCUT2D eigenvalue weighted by molar-refractivity contribution is 0.102. The first-order valence-electron chi connectivity index (χ1n) is 6.99. The fourth-order valence-electron chi connectivity index (χ4n) is 2.11. The van der Waals surface area contributed by atoms with E-state index in [0.29, 0.717) is 17.1 Å². The second-order valence-corrected chi connectivity index (χ2v) is 5.19.